The Bertz CT molecular complexity index is 522. The maximum absolute atomic E-state index is 10.1. The van der Waals surface area contributed by atoms with Gasteiger partial charge in [-0.3, -0.25) is 4.68 Å². The number of rotatable bonds is 7. The first-order chi connectivity index (χ1) is 9.74. The highest BCUT2D eigenvalue weighted by Gasteiger charge is 2.08. The topological polar surface area (TPSA) is 59.3 Å². The quantitative estimate of drug-likeness (QED) is 0.808. The number of aliphatic hydroxyl groups is 1. The van der Waals surface area contributed by atoms with Crippen LogP contribution in [0.4, 0.5) is 0 Å². The van der Waals surface area contributed by atoms with Gasteiger partial charge in [0.05, 0.1) is 18.9 Å². The highest BCUT2D eigenvalue weighted by atomic mass is 16.5. The Labute approximate surface area is 119 Å². The van der Waals surface area contributed by atoms with Gasteiger partial charge in [-0.2, -0.15) is 5.10 Å². The molecule has 0 aliphatic rings. The molecule has 1 heterocycles. The maximum atomic E-state index is 10.1. The molecule has 0 amide bonds. The number of aromatic nitrogens is 2. The zero-order chi connectivity index (χ0) is 14.4. The third kappa shape index (κ3) is 3.59. The lowest BCUT2D eigenvalue weighted by atomic mass is 10.1. The molecule has 0 aliphatic carbocycles. The minimum atomic E-state index is -0.529. The van der Waals surface area contributed by atoms with Crippen molar-refractivity contribution >= 4 is 0 Å². The zero-order valence-corrected chi connectivity index (χ0v) is 11.9. The van der Waals surface area contributed by atoms with Crippen molar-refractivity contribution in [1.29, 1.82) is 0 Å². The van der Waals surface area contributed by atoms with Crippen LogP contribution in [0.5, 0.6) is 5.75 Å². The molecule has 108 valence electrons. The van der Waals surface area contributed by atoms with Gasteiger partial charge in [0.2, 0.25) is 0 Å². The number of aryl methyl sites for hydroxylation is 1. The molecule has 0 fully saturated rings. The second-order valence-electron chi connectivity index (χ2n) is 4.56. The van der Waals surface area contributed by atoms with Gasteiger partial charge < -0.3 is 15.2 Å². The molecule has 2 rings (SSSR count). The fourth-order valence-electron chi connectivity index (χ4n) is 2.08. The van der Waals surface area contributed by atoms with Crippen molar-refractivity contribution in [2.24, 2.45) is 0 Å². The average Bonchev–Trinajstić information content (AvgIpc) is 2.94. The summed E-state index contributed by atoms with van der Waals surface area (Å²) < 4.78 is 7.03. The van der Waals surface area contributed by atoms with Crippen LogP contribution >= 0.6 is 0 Å². The Hall–Kier alpha value is -1.85. The smallest absolute Gasteiger partial charge is 0.118 e. The number of hydrogen-bond acceptors (Lipinski definition) is 4. The number of nitrogens with zero attached hydrogens (tertiary/aromatic N) is 2. The first-order valence-electron chi connectivity index (χ1n) is 6.78. The predicted molar refractivity (Wildman–Crippen MR) is 77.6 cm³/mol. The monoisotopic (exact) mass is 275 g/mol. The molecule has 0 bridgehead atoms. The van der Waals surface area contributed by atoms with Gasteiger partial charge in [-0.15, -0.1) is 0 Å². The van der Waals surface area contributed by atoms with Crippen LogP contribution in [0, 0.1) is 0 Å². The normalized spacial score (nSPS) is 12.3. The Balaban J connectivity index is 1.84. The molecule has 5 heteroatoms. The second kappa shape index (κ2) is 7.07. The van der Waals surface area contributed by atoms with Crippen LogP contribution in [0.2, 0.25) is 0 Å². The Morgan fingerprint density at radius 3 is 2.70 bits per heavy atom. The van der Waals surface area contributed by atoms with Gasteiger partial charge in [0.1, 0.15) is 5.75 Å². The van der Waals surface area contributed by atoms with Crippen molar-refractivity contribution < 1.29 is 9.84 Å². The van der Waals surface area contributed by atoms with Gasteiger partial charge in [0, 0.05) is 25.8 Å². The minimum Gasteiger partial charge on any atom is -0.497 e. The maximum Gasteiger partial charge on any atom is 0.118 e. The largest absolute Gasteiger partial charge is 0.497 e. The predicted octanol–water partition coefficient (Wildman–Crippen LogP) is 1.73. The first kappa shape index (κ1) is 14.6. The van der Waals surface area contributed by atoms with Crippen molar-refractivity contribution in [2.45, 2.75) is 26.1 Å². The molecule has 1 aromatic carbocycles. The van der Waals surface area contributed by atoms with E-state index in [4.69, 9.17) is 4.74 Å². The lowest BCUT2D eigenvalue weighted by Crippen LogP contribution is -2.22. The van der Waals surface area contributed by atoms with Gasteiger partial charge in [0.15, 0.2) is 0 Å². The summed E-state index contributed by atoms with van der Waals surface area (Å²) in [5, 5.41) is 17.6. The molecule has 0 saturated carbocycles. The molecule has 5 nitrogen and oxygen atoms in total. The van der Waals surface area contributed by atoms with Crippen molar-refractivity contribution in [3.05, 3.63) is 47.8 Å². The van der Waals surface area contributed by atoms with E-state index in [1.54, 1.807) is 13.3 Å². The Morgan fingerprint density at radius 2 is 2.05 bits per heavy atom. The van der Waals surface area contributed by atoms with Crippen LogP contribution in [0.25, 0.3) is 0 Å². The highest BCUT2D eigenvalue weighted by molar-refractivity contribution is 5.28. The van der Waals surface area contributed by atoms with Crippen molar-refractivity contribution in [3.8, 4) is 5.75 Å². The van der Waals surface area contributed by atoms with Gasteiger partial charge in [-0.05, 0) is 30.7 Å². The van der Waals surface area contributed by atoms with Crippen LogP contribution < -0.4 is 10.1 Å². The van der Waals surface area contributed by atoms with E-state index < -0.39 is 6.10 Å². The SMILES string of the molecule is CCn1nccc1CNCC(O)c1ccc(OC)cc1. The fourth-order valence-corrected chi connectivity index (χ4v) is 2.08. The third-order valence-electron chi connectivity index (χ3n) is 3.25. The van der Waals surface area contributed by atoms with Crippen LogP contribution in [0.1, 0.15) is 24.3 Å². The molecule has 0 spiro atoms. The number of hydrogen-bond donors (Lipinski definition) is 2. The molecule has 2 N–H and O–H groups in total. The molecule has 1 atom stereocenters. The molecule has 0 radical (unpaired) electrons. The number of methoxy groups -OCH3 is 1. The summed E-state index contributed by atoms with van der Waals surface area (Å²) in [6, 6.07) is 9.44. The van der Waals surface area contributed by atoms with E-state index in [-0.39, 0.29) is 0 Å². The summed E-state index contributed by atoms with van der Waals surface area (Å²) in [6.45, 7) is 4.11. The molecular formula is C15H21N3O2. The van der Waals surface area contributed by atoms with E-state index in [9.17, 15) is 5.11 Å². The Morgan fingerprint density at radius 1 is 1.30 bits per heavy atom. The summed E-state index contributed by atoms with van der Waals surface area (Å²) in [6.07, 6.45) is 1.26. The van der Waals surface area contributed by atoms with Crippen LogP contribution in [-0.4, -0.2) is 28.5 Å². The summed E-state index contributed by atoms with van der Waals surface area (Å²) in [5.41, 5.74) is 2.00. The van der Waals surface area contributed by atoms with Gasteiger partial charge in [0.25, 0.3) is 0 Å². The van der Waals surface area contributed by atoms with Crippen LogP contribution in [0.15, 0.2) is 36.5 Å². The van der Waals surface area contributed by atoms with Crippen LogP contribution in [0.3, 0.4) is 0 Å². The first-order valence-corrected chi connectivity index (χ1v) is 6.78. The van der Waals surface area contributed by atoms with Crippen molar-refractivity contribution in [1.82, 2.24) is 15.1 Å². The summed E-state index contributed by atoms with van der Waals surface area (Å²) in [5.74, 6) is 0.792. The zero-order valence-electron chi connectivity index (χ0n) is 11.9. The number of aliphatic hydroxyl groups excluding tert-OH is 1. The molecular weight excluding hydrogens is 254 g/mol. The van der Waals surface area contributed by atoms with E-state index in [1.807, 2.05) is 35.0 Å². The van der Waals surface area contributed by atoms with E-state index in [2.05, 4.69) is 17.3 Å². The fraction of sp³-hybridized carbons (Fsp3) is 0.400. The second-order valence-corrected chi connectivity index (χ2v) is 4.56. The van der Waals surface area contributed by atoms with Crippen LogP contribution in [-0.2, 0) is 13.1 Å². The molecule has 1 unspecified atom stereocenters. The molecule has 20 heavy (non-hydrogen) atoms. The lowest BCUT2D eigenvalue weighted by Gasteiger charge is -2.13. The van der Waals surface area contributed by atoms with Gasteiger partial charge in [-0.1, -0.05) is 12.1 Å². The number of benzene rings is 1. The number of nitrogens with one attached hydrogen (secondary N) is 1. The Kier molecular flexibility index (Phi) is 5.15. The van der Waals surface area contributed by atoms with Crippen molar-refractivity contribution in [2.75, 3.05) is 13.7 Å². The molecule has 2 aromatic rings. The minimum absolute atomic E-state index is 0.501. The summed E-state index contributed by atoms with van der Waals surface area (Å²) >= 11 is 0. The molecule has 0 saturated heterocycles. The van der Waals surface area contributed by atoms with Crippen molar-refractivity contribution in [3.63, 3.8) is 0 Å². The van der Waals surface area contributed by atoms with E-state index in [0.717, 1.165) is 23.6 Å². The third-order valence-corrected chi connectivity index (χ3v) is 3.25. The standard InChI is InChI=1S/C15H21N3O2/c1-3-18-13(8-9-17-18)10-16-11-15(19)12-4-6-14(20-2)7-5-12/h4-9,15-16,19H,3,10-11H2,1-2H3. The number of ether oxygens (including phenoxy) is 1. The highest BCUT2D eigenvalue weighted by Crippen LogP contribution is 2.17. The van der Waals surface area contributed by atoms with Gasteiger partial charge >= 0.3 is 0 Å². The summed E-state index contributed by atoms with van der Waals surface area (Å²) in [7, 11) is 1.63. The van der Waals surface area contributed by atoms with E-state index in [1.165, 1.54) is 0 Å². The van der Waals surface area contributed by atoms with Gasteiger partial charge in [-0.25, -0.2) is 0 Å². The molecule has 0 aliphatic heterocycles. The van der Waals surface area contributed by atoms with E-state index >= 15 is 0 Å². The summed E-state index contributed by atoms with van der Waals surface area (Å²) in [4.78, 5) is 0. The van der Waals surface area contributed by atoms with E-state index in [0.29, 0.717) is 13.1 Å². The molecule has 1 aromatic heterocycles. The lowest BCUT2D eigenvalue weighted by molar-refractivity contribution is 0.174. The average molecular weight is 275 g/mol.